The molecule has 66 heavy (non-hydrogen) atoms. The third kappa shape index (κ3) is 14.0. The number of amides is 3. The highest BCUT2D eigenvalue weighted by Gasteiger charge is 2.24. The van der Waals surface area contributed by atoms with Crippen molar-refractivity contribution in [1.29, 1.82) is 5.26 Å². The van der Waals surface area contributed by atoms with Crippen LogP contribution in [-0.4, -0.2) is 77.2 Å². The first-order valence-electron chi connectivity index (χ1n) is 21.5. The van der Waals surface area contributed by atoms with Gasteiger partial charge in [-0.3, -0.25) is 19.5 Å². The zero-order chi connectivity index (χ0) is 48.2. The van der Waals surface area contributed by atoms with Crippen LogP contribution >= 0.6 is 11.9 Å². The number of fused-ring (bicyclic) bond motifs is 2. The summed E-state index contributed by atoms with van der Waals surface area (Å²) < 4.78 is 13.7. The van der Waals surface area contributed by atoms with Crippen LogP contribution in [0.25, 0.3) is 39.5 Å². The molecule has 3 amide bonds. The van der Waals surface area contributed by atoms with Crippen molar-refractivity contribution in [3.8, 4) is 34.3 Å². The SMILES string of the molecule is CC.CCOc1ccc(/C=C(\C#N)C(=O)Nc2ccc(SN)cc2)cc1.CN(C)c1ccc2c(-c3ccc(C(=O)NCCCCCNC=O)cc3C(=O)O)c3ccc(=[N+](C)C)cc-3oc2c1. The Morgan fingerprint density at radius 1 is 0.894 bits per heavy atom. The lowest BCUT2D eigenvalue weighted by Crippen LogP contribution is -2.25. The molecule has 6 rings (SSSR count). The van der Waals surface area contributed by atoms with Crippen LogP contribution in [0.15, 0.2) is 118 Å². The predicted octanol–water partition coefficient (Wildman–Crippen LogP) is 8.27. The average molecular weight is 913 g/mol. The number of rotatable bonds is 17. The number of benzene rings is 5. The largest absolute Gasteiger partial charge is 0.494 e. The quantitative estimate of drug-likeness (QED) is 0.0112. The first-order chi connectivity index (χ1) is 31.9. The van der Waals surface area contributed by atoms with Crippen LogP contribution in [0.5, 0.6) is 5.75 Å². The second kappa shape index (κ2) is 25.8. The number of unbranched alkanes of at least 4 members (excludes halogenated alkanes) is 2. The molecule has 4 aromatic carbocycles. The molecule has 344 valence electrons. The van der Waals surface area contributed by atoms with E-state index in [-0.39, 0.29) is 22.6 Å². The summed E-state index contributed by atoms with van der Waals surface area (Å²) in [5.41, 5.74) is 5.30. The third-order valence-corrected chi connectivity index (χ3v) is 10.5. The summed E-state index contributed by atoms with van der Waals surface area (Å²) in [7, 11) is 7.80. The maximum Gasteiger partial charge on any atom is 0.336 e. The monoisotopic (exact) mass is 912 g/mol. The van der Waals surface area contributed by atoms with Gasteiger partial charge in [0.2, 0.25) is 11.8 Å². The van der Waals surface area contributed by atoms with E-state index in [1.165, 1.54) is 12.1 Å². The lowest BCUT2D eigenvalue weighted by Gasteiger charge is -2.19. The van der Waals surface area contributed by atoms with Gasteiger partial charge in [0.1, 0.15) is 42.8 Å². The van der Waals surface area contributed by atoms with Gasteiger partial charge in [-0.2, -0.15) is 5.26 Å². The van der Waals surface area contributed by atoms with Crippen LogP contribution in [0.4, 0.5) is 11.4 Å². The summed E-state index contributed by atoms with van der Waals surface area (Å²) in [6.45, 7) is 7.55. The van der Waals surface area contributed by atoms with E-state index in [0.29, 0.717) is 48.7 Å². The summed E-state index contributed by atoms with van der Waals surface area (Å²) in [6, 6.07) is 32.7. The van der Waals surface area contributed by atoms with Crippen LogP contribution < -0.4 is 40.7 Å². The average Bonchev–Trinajstić information content (AvgIpc) is 3.33. The second-order valence-electron chi connectivity index (χ2n) is 14.8. The third-order valence-electron chi connectivity index (χ3n) is 9.99. The number of carbonyl (C=O) groups is 4. The molecule has 0 aromatic heterocycles. The van der Waals surface area contributed by atoms with Crippen LogP contribution in [0.2, 0.25) is 0 Å². The van der Waals surface area contributed by atoms with E-state index in [0.717, 1.165) is 75.0 Å². The van der Waals surface area contributed by atoms with Crippen LogP contribution in [-0.2, 0) is 9.59 Å². The van der Waals surface area contributed by atoms with Crippen molar-refractivity contribution in [1.82, 2.24) is 15.2 Å². The van der Waals surface area contributed by atoms with Crippen molar-refractivity contribution in [3.05, 3.63) is 131 Å². The van der Waals surface area contributed by atoms with Gasteiger partial charge in [0, 0.05) is 77.7 Å². The minimum Gasteiger partial charge on any atom is -0.494 e. The Morgan fingerprint density at radius 3 is 2.21 bits per heavy atom. The van der Waals surface area contributed by atoms with E-state index in [2.05, 4.69) is 16.0 Å². The Hall–Kier alpha value is -7.41. The molecule has 15 heteroatoms. The second-order valence-corrected chi connectivity index (χ2v) is 15.6. The highest BCUT2D eigenvalue weighted by atomic mass is 32.2. The first kappa shape index (κ1) is 51.2. The number of nitrogens with zero attached hydrogens (tertiary/aromatic N) is 3. The number of aromatic carboxylic acids is 1. The van der Waals surface area contributed by atoms with E-state index in [1.54, 1.807) is 60.7 Å². The van der Waals surface area contributed by atoms with Gasteiger partial charge in [-0.15, -0.1) is 0 Å². The molecule has 0 saturated carbocycles. The van der Waals surface area contributed by atoms with Crippen LogP contribution in [0.3, 0.4) is 0 Å². The number of nitrogens with one attached hydrogen (secondary N) is 3. The van der Waals surface area contributed by atoms with Crippen LogP contribution in [0.1, 0.15) is 66.3 Å². The van der Waals surface area contributed by atoms with E-state index in [9.17, 15) is 29.5 Å². The molecule has 0 unspecified atom stereocenters. The Labute approximate surface area is 390 Å². The highest BCUT2D eigenvalue weighted by molar-refractivity contribution is 7.97. The minimum absolute atomic E-state index is 0.0245. The van der Waals surface area contributed by atoms with Crippen molar-refractivity contribution in [2.45, 2.75) is 44.9 Å². The molecule has 2 aliphatic rings. The fraction of sp³-hybridized carbons (Fsp3) is 0.255. The topological polar surface area (TPSA) is 203 Å². The summed E-state index contributed by atoms with van der Waals surface area (Å²) in [4.78, 5) is 50.8. The lowest BCUT2D eigenvalue weighted by atomic mass is 9.89. The number of nitriles is 1. The number of carboxylic acids is 1. The molecular formula is C51H58N7O7S+. The molecule has 0 spiro atoms. The van der Waals surface area contributed by atoms with Gasteiger partial charge >= 0.3 is 5.97 Å². The molecule has 0 saturated heterocycles. The van der Waals surface area contributed by atoms with E-state index in [4.69, 9.17) is 14.3 Å². The molecule has 1 aliphatic heterocycles. The smallest absolute Gasteiger partial charge is 0.336 e. The van der Waals surface area contributed by atoms with Gasteiger partial charge < -0.3 is 35.1 Å². The van der Waals surface area contributed by atoms with Crippen molar-refractivity contribution < 1.29 is 33.4 Å². The normalized spacial score (nSPS) is 10.6. The molecule has 1 heterocycles. The number of hydrogen-bond donors (Lipinski definition) is 5. The number of carboxylic acid groups (broad SMARTS) is 1. The molecule has 0 atom stereocenters. The van der Waals surface area contributed by atoms with Gasteiger partial charge in [0.25, 0.3) is 11.8 Å². The molecule has 0 fully saturated rings. The molecule has 6 N–H and O–H groups in total. The van der Waals surface area contributed by atoms with Gasteiger partial charge in [0.15, 0.2) is 0 Å². The van der Waals surface area contributed by atoms with Crippen molar-refractivity contribution >= 4 is 64.6 Å². The molecule has 4 aromatic rings. The Kier molecular flexibility index (Phi) is 20.0. The lowest BCUT2D eigenvalue weighted by molar-refractivity contribution is -0.112. The van der Waals surface area contributed by atoms with Crippen molar-refractivity contribution in [2.24, 2.45) is 5.14 Å². The van der Waals surface area contributed by atoms with Crippen LogP contribution in [0, 0.1) is 11.3 Å². The maximum absolute atomic E-state index is 12.8. The zero-order valence-electron chi connectivity index (χ0n) is 38.4. The Balaban J connectivity index is 0.000000313. The molecule has 1 aliphatic carbocycles. The fourth-order valence-electron chi connectivity index (χ4n) is 6.64. The molecule has 14 nitrogen and oxygen atoms in total. The molecular weight excluding hydrogens is 855 g/mol. The van der Waals surface area contributed by atoms with E-state index < -0.39 is 11.9 Å². The van der Waals surface area contributed by atoms with Crippen molar-refractivity contribution in [3.63, 3.8) is 0 Å². The standard InChI is InChI=1S/C31H34N4O5.C18H17N3O2S.C2H6/c1-34(2)21-9-12-24-27(17-21)40-28-18-22(35(3)4)10-13-25(28)29(24)23-11-8-20(16-26(23)31(38)39)30(37)33-15-7-5-6-14-32-19-36;1-2-23-16-7-3-13(4-8-16)11-14(12-19)18(22)21-15-5-9-17(24-20)10-6-15;1-2/h8-13,16-19H,5-7,14-15H2,1-4H3,(H2-,32,33,36,37,38,39);3-11H,2,20H2,1H3,(H,21,22);1-2H3/p+1/b;14-11+;. The zero-order valence-corrected chi connectivity index (χ0v) is 39.3. The van der Waals surface area contributed by atoms with Crippen molar-refractivity contribution in [2.75, 3.05) is 58.1 Å². The van der Waals surface area contributed by atoms with Gasteiger partial charge in [-0.1, -0.05) is 32.0 Å². The van der Waals surface area contributed by atoms with Gasteiger partial charge in [-0.25, -0.2) is 9.37 Å². The number of anilines is 2. The fourth-order valence-corrected chi connectivity index (χ4v) is 6.94. The highest BCUT2D eigenvalue weighted by Crippen LogP contribution is 2.42. The van der Waals surface area contributed by atoms with Gasteiger partial charge in [0.05, 0.1) is 18.2 Å². The van der Waals surface area contributed by atoms with Gasteiger partial charge in [-0.05, 0) is 122 Å². The Bertz CT molecular complexity index is 2720. The number of hydrogen-bond acceptors (Lipinski definition) is 10. The first-order valence-corrected chi connectivity index (χ1v) is 22.4. The summed E-state index contributed by atoms with van der Waals surface area (Å²) in [5.74, 6) is -0.533. The van der Waals surface area contributed by atoms with E-state index in [1.807, 2.05) is 101 Å². The summed E-state index contributed by atoms with van der Waals surface area (Å²) in [5, 5.41) is 34.8. The predicted molar refractivity (Wildman–Crippen MR) is 265 cm³/mol. The minimum atomic E-state index is -1.12. The molecule has 0 radical (unpaired) electrons. The summed E-state index contributed by atoms with van der Waals surface area (Å²) >= 11 is 1.13. The maximum atomic E-state index is 12.8. The Morgan fingerprint density at radius 2 is 1.59 bits per heavy atom. The molecule has 0 bridgehead atoms. The van der Waals surface area contributed by atoms with E-state index >= 15 is 0 Å². The number of carbonyl (C=O) groups excluding carboxylic acids is 3. The summed E-state index contributed by atoms with van der Waals surface area (Å²) in [6.07, 6.45) is 4.64. The number of ether oxygens (including phenoxy) is 1. The number of nitrogens with two attached hydrogens (primary N) is 1.